The molecule has 0 aliphatic heterocycles. The van der Waals surface area contributed by atoms with Crippen LogP contribution in [0.2, 0.25) is 0 Å². The Labute approximate surface area is 167 Å². The van der Waals surface area contributed by atoms with Gasteiger partial charge in [-0.25, -0.2) is 9.78 Å². The molecule has 29 heavy (non-hydrogen) atoms. The number of nitrogens with two attached hydrogens (primary N) is 1. The molecular formula is C19H13F3N4O2S. The summed E-state index contributed by atoms with van der Waals surface area (Å²) in [5, 5.41) is 9.56. The van der Waals surface area contributed by atoms with Crippen LogP contribution in [-0.2, 0) is 10.9 Å². The second-order valence-electron chi connectivity index (χ2n) is 5.76. The number of methoxy groups -OCH3 is 1. The van der Waals surface area contributed by atoms with Crippen LogP contribution in [0.25, 0.3) is 5.69 Å². The normalized spacial score (nSPS) is 11.1. The maximum atomic E-state index is 12.6. The van der Waals surface area contributed by atoms with Gasteiger partial charge in [-0.2, -0.15) is 18.4 Å². The van der Waals surface area contributed by atoms with Gasteiger partial charge in [0.25, 0.3) is 0 Å². The Morgan fingerprint density at radius 1 is 1.24 bits per heavy atom. The SMILES string of the molecule is COC(=O)c1c(N)c(C#N)cn1-c1ccc(Sc2ccc(C(F)(F)F)cn2)cc1. The molecule has 0 amide bonds. The molecule has 148 valence electrons. The van der Waals surface area contributed by atoms with E-state index in [2.05, 4.69) is 4.98 Å². The fraction of sp³-hybridized carbons (Fsp3) is 0.105. The van der Waals surface area contributed by atoms with Gasteiger partial charge in [0.1, 0.15) is 11.1 Å². The number of nitrogens with zero attached hydrogens (tertiary/aromatic N) is 3. The lowest BCUT2D eigenvalue weighted by molar-refractivity contribution is -0.137. The molecule has 2 heterocycles. The minimum atomic E-state index is -4.43. The number of halogens is 3. The fourth-order valence-corrected chi connectivity index (χ4v) is 3.28. The van der Waals surface area contributed by atoms with Gasteiger partial charge in [-0.15, -0.1) is 0 Å². The first-order valence-electron chi connectivity index (χ1n) is 8.05. The maximum Gasteiger partial charge on any atom is 0.417 e. The Morgan fingerprint density at radius 3 is 2.45 bits per heavy atom. The average Bonchev–Trinajstić information content (AvgIpc) is 3.04. The Balaban J connectivity index is 1.86. The summed E-state index contributed by atoms with van der Waals surface area (Å²) in [6, 6.07) is 11.0. The summed E-state index contributed by atoms with van der Waals surface area (Å²) < 4.78 is 44.0. The fourth-order valence-electron chi connectivity index (χ4n) is 2.52. The second-order valence-corrected chi connectivity index (χ2v) is 6.85. The number of carbonyl (C=O) groups excluding carboxylic acids is 1. The summed E-state index contributed by atoms with van der Waals surface area (Å²) in [6.07, 6.45) is -2.22. The standard InChI is InChI=1S/C19H13F3N4O2S/c1-28-18(27)17-16(24)11(8-23)10-26(17)13-3-5-14(6-4-13)29-15-7-2-12(9-25-15)19(20,21)22/h2-7,9-10H,24H2,1H3. The summed E-state index contributed by atoms with van der Waals surface area (Å²) in [4.78, 5) is 16.6. The third kappa shape index (κ3) is 4.20. The first-order valence-corrected chi connectivity index (χ1v) is 8.87. The van der Waals surface area contributed by atoms with Crippen molar-refractivity contribution < 1.29 is 22.7 Å². The number of aromatic nitrogens is 2. The Hall–Kier alpha value is -3.45. The van der Waals surface area contributed by atoms with Crippen molar-refractivity contribution in [3.05, 3.63) is 65.6 Å². The van der Waals surface area contributed by atoms with Crippen molar-refractivity contribution in [1.82, 2.24) is 9.55 Å². The maximum absolute atomic E-state index is 12.6. The molecule has 0 saturated heterocycles. The predicted octanol–water partition coefficient (Wildman–Crippen LogP) is 4.28. The van der Waals surface area contributed by atoms with Gasteiger partial charge in [-0.1, -0.05) is 11.8 Å². The number of hydrogen-bond donors (Lipinski definition) is 1. The van der Waals surface area contributed by atoms with E-state index < -0.39 is 17.7 Å². The number of benzene rings is 1. The van der Waals surface area contributed by atoms with E-state index in [1.165, 1.54) is 35.7 Å². The van der Waals surface area contributed by atoms with Crippen molar-refractivity contribution >= 4 is 23.4 Å². The molecule has 2 aromatic heterocycles. The summed E-state index contributed by atoms with van der Waals surface area (Å²) in [6.45, 7) is 0. The highest BCUT2D eigenvalue weighted by atomic mass is 32.2. The quantitative estimate of drug-likeness (QED) is 0.636. The largest absolute Gasteiger partial charge is 0.464 e. The highest BCUT2D eigenvalue weighted by Gasteiger charge is 2.30. The lowest BCUT2D eigenvalue weighted by Gasteiger charge is -2.10. The van der Waals surface area contributed by atoms with Crippen molar-refractivity contribution in [2.75, 3.05) is 12.8 Å². The van der Waals surface area contributed by atoms with E-state index in [1.807, 2.05) is 6.07 Å². The van der Waals surface area contributed by atoms with Crippen LogP contribution in [-0.4, -0.2) is 22.6 Å². The molecule has 0 bridgehead atoms. The van der Waals surface area contributed by atoms with Crippen molar-refractivity contribution in [2.45, 2.75) is 16.1 Å². The number of pyridine rings is 1. The minimum absolute atomic E-state index is 0.0201. The van der Waals surface area contributed by atoms with Crippen molar-refractivity contribution in [3.8, 4) is 11.8 Å². The number of esters is 1. The highest BCUT2D eigenvalue weighted by Crippen LogP contribution is 2.32. The van der Waals surface area contributed by atoms with Crippen LogP contribution in [0.5, 0.6) is 0 Å². The monoisotopic (exact) mass is 418 g/mol. The third-order valence-electron chi connectivity index (χ3n) is 3.94. The zero-order chi connectivity index (χ0) is 21.2. The molecule has 2 N–H and O–H groups in total. The first kappa shape index (κ1) is 20.3. The zero-order valence-electron chi connectivity index (χ0n) is 14.9. The molecule has 0 spiro atoms. The molecule has 3 rings (SSSR count). The number of hydrogen-bond acceptors (Lipinski definition) is 6. The number of carbonyl (C=O) groups is 1. The molecule has 0 unspecified atom stereocenters. The van der Waals surface area contributed by atoms with Gasteiger partial charge in [0.05, 0.1) is 23.9 Å². The van der Waals surface area contributed by atoms with Crippen molar-refractivity contribution in [1.29, 1.82) is 5.26 Å². The van der Waals surface area contributed by atoms with Crippen molar-refractivity contribution in [2.24, 2.45) is 0 Å². The summed E-state index contributed by atoms with van der Waals surface area (Å²) in [5.74, 6) is -0.684. The third-order valence-corrected chi connectivity index (χ3v) is 4.90. The molecule has 0 fully saturated rings. The van der Waals surface area contributed by atoms with Gasteiger partial charge < -0.3 is 15.0 Å². The van der Waals surface area contributed by atoms with E-state index in [0.29, 0.717) is 10.7 Å². The highest BCUT2D eigenvalue weighted by molar-refractivity contribution is 7.99. The molecule has 6 nitrogen and oxygen atoms in total. The smallest absolute Gasteiger partial charge is 0.417 e. The summed E-state index contributed by atoms with van der Waals surface area (Å²) in [7, 11) is 1.21. The molecule has 1 aromatic carbocycles. The van der Waals surface area contributed by atoms with Crippen LogP contribution in [0.3, 0.4) is 0 Å². The van der Waals surface area contributed by atoms with E-state index >= 15 is 0 Å². The van der Waals surface area contributed by atoms with Crippen LogP contribution < -0.4 is 5.73 Å². The Bertz CT molecular complexity index is 1080. The molecule has 0 aliphatic rings. The molecule has 3 aromatic rings. The molecule has 0 aliphatic carbocycles. The number of nitrogen functional groups attached to an aromatic ring is 1. The van der Waals surface area contributed by atoms with E-state index in [4.69, 9.17) is 15.7 Å². The summed E-state index contributed by atoms with van der Waals surface area (Å²) in [5.41, 5.74) is 5.80. The number of ether oxygens (including phenoxy) is 1. The first-order chi connectivity index (χ1) is 13.7. The van der Waals surface area contributed by atoms with Gasteiger partial charge in [0.15, 0.2) is 5.69 Å². The Morgan fingerprint density at radius 2 is 1.93 bits per heavy atom. The van der Waals surface area contributed by atoms with Crippen LogP contribution in [0.1, 0.15) is 21.6 Å². The predicted molar refractivity (Wildman–Crippen MR) is 99.6 cm³/mol. The van der Waals surface area contributed by atoms with Crippen LogP contribution in [0.4, 0.5) is 18.9 Å². The van der Waals surface area contributed by atoms with Crippen LogP contribution in [0.15, 0.2) is 58.7 Å². The number of nitriles is 1. The number of anilines is 1. The van der Waals surface area contributed by atoms with E-state index in [9.17, 15) is 18.0 Å². The van der Waals surface area contributed by atoms with E-state index in [-0.39, 0.29) is 16.9 Å². The van der Waals surface area contributed by atoms with Crippen LogP contribution in [0, 0.1) is 11.3 Å². The lowest BCUT2D eigenvalue weighted by Crippen LogP contribution is -2.11. The lowest BCUT2D eigenvalue weighted by atomic mass is 10.2. The number of rotatable bonds is 4. The molecule has 10 heteroatoms. The van der Waals surface area contributed by atoms with E-state index in [1.54, 1.807) is 24.3 Å². The molecular weight excluding hydrogens is 405 g/mol. The van der Waals surface area contributed by atoms with Gasteiger partial charge in [-0.3, -0.25) is 0 Å². The minimum Gasteiger partial charge on any atom is -0.464 e. The van der Waals surface area contributed by atoms with Gasteiger partial charge in [0, 0.05) is 23.0 Å². The second kappa shape index (κ2) is 7.89. The Kier molecular flexibility index (Phi) is 5.52. The molecule has 0 atom stereocenters. The van der Waals surface area contributed by atoms with Gasteiger partial charge >= 0.3 is 12.1 Å². The van der Waals surface area contributed by atoms with Gasteiger partial charge in [0.2, 0.25) is 0 Å². The molecule has 0 saturated carbocycles. The average molecular weight is 418 g/mol. The zero-order valence-corrected chi connectivity index (χ0v) is 15.7. The van der Waals surface area contributed by atoms with E-state index in [0.717, 1.165) is 17.2 Å². The molecule has 0 radical (unpaired) electrons. The topological polar surface area (TPSA) is 93.9 Å². The number of alkyl halides is 3. The van der Waals surface area contributed by atoms with Crippen LogP contribution >= 0.6 is 11.8 Å². The van der Waals surface area contributed by atoms with Gasteiger partial charge in [-0.05, 0) is 36.4 Å². The summed E-state index contributed by atoms with van der Waals surface area (Å²) >= 11 is 1.18. The van der Waals surface area contributed by atoms with Crippen molar-refractivity contribution in [3.63, 3.8) is 0 Å².